The number of pyridine rings is 4. The molecule has 0 unspecified atom stereocenters. The van der Waals surface area contributed by atoms with Crippen LogP contribution >= 0.6 is 0 Å². The summed E-state index contributed by atoms with van der Waals surface area (Å²) in [5, 5.41) is 78.5. The van der Waals surface area contributed by atoms with Crippen LogP contribution in [-0.2, 0) is 11.3 Å². The van der Waals surface area contributed by atoms with E-state index in [9.17, 15) is 28.0 Å². The molecule has 29 nitrogen and oxygen atoms in total. The van der Waals surface area contributed by atoms with Gasteiger partial charge in [-0.15, -0.1) is 0 Å². The standard InChI is InChI=1S/C26H22F2N6O.C25H22N6O.C24H20N6O2.C24H20N6O/c27-26(28)7-9-34(10-8-26)16-18-11-20(15-30-14-18)19-3-6-23-22(12-19)24(33-32-23)25(35)31-21-4-1-17(13-29)2-5-21;26-14-17-4-7-20(8-5-17)28-25(32)24-22-13-18(6-9-23(22)29-30-24)19-12-21(16-27-15-19)31-10-2-1-3-11-31;25-13-16-1-4-19(5-2-16)27-24(31)23-21-12-17(3-6-22(21)28-29-23)18-11-20(15-26-14-18)30-7-9-32-10-8-30;25-13-16-3-6-19(7-4-16)27-24(31)23-21-12-17(5-8-22(21)28-29-23)18-11-20(15-26-14-18)30-9-1-2-10-30/h1-6,11-12,14-15H,7-10,16H2,(H,31,35)(H,32,33);4-9,12-13,15-16H,1-3,10-11H2,(H,28,32)(H,29,30);1-6,11-12,14-15H,7-10H2,(H,27,31)(H,28,29);3-8,11-12,14-15H,1-2,9-10H2,(H,27,31)(H,28,29). The third-order valence-corrected chi connectivity index (χ3v) is 23.1. The van der Waals surface area contributed by atoms with Crippen molar-refractivity contribution in [3.05, 3.63) is 294 Å². The molecule has 4 aliphatic rings. The molecule has 0 atom stereocenters. The van der Waals surface area contributed by atoms with Crippen LogP contribution in [0.15, 0.2) is 244 Å². The molecule has 4 amide bonds. The van der Waals surface area contributed by atoms with Gasteiger partial charge in [-0.05, 0) is 230 Å². The number of alkyl halides is 2. The van der Waals surface area contributed by atoms with Gasteiger partial charge >= 0.3 is 0 Å². The van der Waals surface area contributed by atoms with Crippen LogP contribution in [0.2, 0.25) is 0 Å². The number of carbonyl (C=O) groups is 4. The van der Waals surface area contributed by atoms with Gasteiger partial charge in [0.05, 0.1) is 117 Å². The fourth-order valence-electron chi connectivity index (χ4n) is 16.0. The minimum atomic E-state index is -2.57. The number of nitriles is 4. The van der Waals surface area contributed by atoms with Gasteiger partial charge in [0.15, 0.2) is 22.8 Å². The Hall–Kier alpha value is -16.7. The zero-order valence-electron chi connectivity index (χ0n) is 70.3. The molecule has 31 heteroatoms. The van der Waals surface area contributed by atoms with Crippen LogP contribution in [0.4, 0.5) is 48.6 Å². The van der Waals surface area contributed by atoms with E-state index >= 15 is 0 Å². The number of hydrogen-bond acceptors (Lipinski definition) is 21. The van der Waals surface area contributed by atoms with E-state index in [0.29, 0.717) is 100 Å². The topological polar surface area (TPSA) is 400 Å². The summed E-state index contributed by atoms with van der Waals surface area (Å²) in [4.78, 5) is 78.1. The summed E-state index contributed by atoms with van der Waals surface area (Å²) in [6.45, 7) is 8.62. The quantitative estimate of drug-likeness (QED) is 0.0420. The zero-order valence-corrected chi connectivity index (χ0v) is 70.3. The fourth-order valence-corrected chi connectivity index (χ4v) is 16.0. The number of anilines is 7. The number of aromatic amines is 4. The van der Waals surface area contributed by atoms with Gasteiger partial charge in [0, 0.05) is 169 Å². The first-order valence-corrected chi connectivity index (χ1v) is 42.5. The Balaban J connectivity index is 0.000000122. The van der Waals surface area contributed by atoms with Gasteiger partial charge < -0.3 is 40.7 Å². The van der Waals surface area contributed by atoms with Gasteiger partial charge in [-0.25, -0.2) is 8.78 Å². The molecular formula is C99H84F2N24O5. The number of amides is 4. The first kappa shape index (κ1) is 85.4. The van der Waals surface area contributed by atoms with E-state index in [1.807, 2.05) is 127 Å². The van der Waals surface area contributed by atoms with E-state index in [-0.39, 0.29) is 42.2 Å². The van der Waals surface area contributed by atoms with Gasteiger partial charge in [0.25, 0.3) is 29.6 Å². The van der Waals surface area contributed by atoms with Gasteiger partial charge in [-0.2, -0.15) is 41.4 Å². The lowest BCUT2D eigenvalue weighted by molar-refractivity contribution is -0.0566. The highest BCUT2D eigenvalue weighted by molar-refractivity contribution is 6.15. The maximum atomic E-state index is 13.5. The number of nitrogens with one attached hydrogen (secondary N) is 8. The van der Waals surface area contributed by atoms with Crippen molar-refractivity contribution in [3.63, 3.8) is 0 Å². The van der Waals surface area contributed by atoms with Crippen LogP contribution in [0.5, 0.6) is 0 Å². The molecule has 130 heavy (non-hydrogen) atoms. The molecule has 0 bridgehead atoms. The molecular weight excluding hydrogens is 1640 g/mol. The number of halogens is 2. The largest absolute Gasteiger partial charge is 0.378 e. The van der Waals surface area contributed by atoms with Crippen molar-refractivity contribution in [1.82, 2.24) is 65.6 Å². The second-order valence-corrected chi connectivity index (χ2v) is 31.8. The van der Waals surface area contributed by atoms with Crippen molar-refractivity contribution in [3.8, 4) is 68.8 Å². The Morgan fingerprint density at radius 1 is 0.338 bits per heavy atom. The molecule has 4 aliphatic heterocycles. The van der Waals surface area contributed by atoms with Crippen molar-refractivity contribution in [1.29, 1.82) is 21.0 Å². The molecule has 0 radical (unpaired) electrons. The summed E-state index contributed by atoms with van der Waals surface area (Å²) in [6, 6.07) is 66.8. The highest BCUT2D eigenvalue weighted by Gasteiger charge is 2.34. The minimum absolute atomic E-state index is 0.120. The smallest absolute Gasteiger partial charge is 0.276 e. The molecule has 4 saturated heterocycles. The predicted molar refractivity (Wildman–Crippen MR) is 494 cm³/mol. The monoisotopic (exact) mass is 1730 g/mol. The number of aromatic nitrogens is 12. The lowest BCUT2D eigenvalue weighted by atomic mass is 10.0. The van der Waals surface area contributed by atoms with Crippen molar-refractivity contribution in [2.24, 2.45) is 0 Å². The van der Waals surface area contributed by atoms with Gasteiger partial charge in [-0.3, -0.25) is 64.4 Å². The summed E-state index contributed by atoms with van der Waals surface area (Å²) in [7, 11) is 0. The maximum Gasteiger partial charge on any atom is 0.276 e. The third-order valence-electron chi connectivity index (χ3n) is 23.1. The second kappa shape index (κ2) is 39.2. The van der Waals surface area contributed by atoms with E-state index in [1.54, 1.807) is 109 Å². The number of likely N-dealkylation sites (tertiary alicyclic amines) is 1. The Morgan fingerprint density at radius 2 is 0.623 bits per heavy atom. The van der Waals surface area contributed by atoms with Crippen LogP contribution in [-0.4, -0.2) is 161 Å². The first-order chi connectivity index (χ1) is 63.5. The van der Waals surface area contributed by atoms with E-state index in [1.165, 1.54) is 32.1 Å². The van der Waals surface area contributed by atoms with Crippen LogP contribution in [0.3, 0.4) is 0 Å². The van der Waals surface area contributed by atoms with Crippen LogP contribution in [0.25, 0.3) is 88.1 Å². The molecule has 0 saturated carbocycles. The molecule has 8 aromatic heterocycles. The highest BCUT2D eigenvalue weighted by atomic mass is 19.3. The summed E-state index contributed by atoms with van der Waals surface area (Å²) < 4.78 is 32.4. The van der Waals surface area contributed by atoms with Crippen LogP contribution in [0, 0.1) is 45.3 Å². The highest BCUT2D eigenvalue weighted by Crippen LogP contribution is 2.36. The van der Waals surface area contributed by atoms with Crippen molar-refractivity contribution >= 4 is 107 Å². The normalized spacial score (nSPS) is 14.1. The molecule has 8 aromatic carbocycles. The number of morpholine rings is 1. The average Bonchev–Trinajstić information content (AvgIpc) is 1.64. The lowest BCUT2D eigenvalue weighted by Gasteiger charge is -2.31. The summed E-state index contributed by atoms with van der Waals surface area (Å²) in [6.07, 6.45) is 20.6. The SMILES string of the molecule is N#Cc1ccc(NC(=O)c2n[nH]c3ccc(-c4cncc(CN5CCC(F)(F)CC5)c4)cc23)cc1.N#Cc1ccc(NC(=O)c2n[nH]c3ccc(-c4cncc(N5CCCC5)c4)cc23)cc1.N#Cc1ccc(NC(=O)c2n[nH]c3ccc(-c4cncc(N5CCCCC5)c4)cc23)cc1.N#Cc1ccc(NC(=O)c2n[nH]c3ccc(-c4cncc(N5CCOCC5)c4)cc23)cc1. The zero-order chi connectivity index (χ0) is 89.5. The van der Waals surface area contributed by atoms with Gasteiger partial charge in [0.1, 0.15) is 0 Å². The number of nitrogens with zero attached hydrogens (tertiary/aromatic N) is 16. The first-order valence-electron chi connectivity index (χ1n) is 42.5. The van der Waals surface area contributed by atoms with E-state index in [0.717, 1.165) is 145 Å². The molecule has 644 valence electrons. The van der Waals surface area contributed by atoms with Crippen molar-refractivity contribution in [2.75, 3.05) is 102 Å². The number of ether oxygens (including phenoxy) is 1. The number of fused-ring (bicyclic) bond motifs is 4. The van der Waals surface area contributed by atoms with Crippen LogP contribution < -0.4 is 36.0 Å². The third kappa shape index (κ3) is 20.3. The second-order valence-electron chi connectivity index (χ2n) is 31.8. The van der Waals surface area contributed by atoms with Gasteiger partial charge in [0.2, 0.25) is 0 Å². The minimum Gasteiger partial charge on any atom is -0.378 e. The molecule has 20 rings (SSSR count). The summed E-state index contributed by atoms with van der Waals surface area (Å²) >= 11 is 0. The Morgan fingerprint density at radius 3 is 0.931 bits per heavy atom. The molecule has 4 fully saturated rings. The Labute approximate surface area is 744 Å². The Kier molecular flexibility index (Phi) is 25.8. The number of piperidine rings is 2. The maximum absolute atomic E-state index is 13.5. The average molecular weight is 1730 g/mol. The van der Waals surface area contributed by atoms with Crippen LogP contribution in [0.1, 0.15) is 115 Å². The molecule has 0 aliphatic carbocycles. The number of rotatable bonds is 17. The van der Waals surface area contributed by atoms with E-state index in [2.05, 4.69) is 133 Å². The van der Waals surface area contributed by atoms with Crippen molar-refractivity contribution in [2.45, 2.75) is 57.4 Å². The molecule has 8 N–H and O–H groups in total. The van der Waals surface area contributed by atoms with Crippen molar-refractivity contribution < 1.29 is 32.7 Å². The molecule has 12 heterocycles. The molecule has 16 aromatic rings. The van der Waals surface area contributed by atoms with Gasteiger partial charge in [-0.1, -0.05) is 24.3 Å². The number of hydrogen-bond donors (Lipinski definition) is 8. The summed E-state index contributed by atoms with van der Waals surface area (Å²) in [5.74, 6) is -3.87. The Bertz CT molecular complexity index is 6810. The lowest BCUT2D eigenvalue weighted by Crippen LogP contribution is -2.38. The number of carbonyl (C=O) groups excluding carboxylic acids is 4. The predicted octanol–water partition coefficient (Wildman–Crippen LogP) is 17.7. The van der Waals surface area contributed by atoms with E-state index in [4.69, 9.17) is 25.8 Å². The fraction of sp³-hybridized carbons (Fsp3) is 0.192. The number of benzene rings is 8. The molecule has 0 spiro atoms. The summed E-state index contributed by atoms with van der Waals surface area (Å²) in [5.41, 5.74) is 20.7. The number of H-pyrrole nitrogens is 4. The van der Waals surface area contributed by atoms with E-state index < -0.39 is 5.92 Å².